The van der Waals surface area contributed by atoms with Crippen LogP contribution in [-0.4, -0.2) is 13.1 Å². The molecule has 0 saturated carbocycles. The van der Waals surface area contributed by atoms with Gasteiger partial charge in [0, 0.05) is 25.3 Å². The van der Waals surface area contributed by atoms with Gasteiger partial charge in [-0.25, -0.2) is 0 Å². The fraction of sp³-hybridized carbons (Fsp3) is 0.571. The van der Waals surface area contributed by atoms with Gasteiger partial charge in [0.05, 0.1) is 0 Å². The van der Waals surface area contributed by atoms with Gasteiger partial charge >= 0.3 is 0 Å². The van der Waals surface area contributed by atoms with E-state index in [-0.39, 0.29) is 0 Å². The molecule has 0 bridgehead atoms. The van der Waals surface area contributed by atoms with Gasteiger partial charge in [-0.05, 0) is 36.5 Å². The molecule has 88 valence electrons. The minimum absolute atomic E-state index is 0.642. The lowest BCUT2D eigenvalue weighted by Crippen LogP contribution is -2.21. The fourth-order valence-corrected chi connectivity index (χ4v) is 2.53. The van der Waals surface area contributed by atoms with Gasteiger partial charge in [0.2, 0.25) is 0 Å². The van der Waals surface area contributed by atoms with Crippen LogP contribution in [0.15, 0.2) is 18.2 Å². The standard InChI is InChI=1S/C14H22N2/c1-3-12-6-7-16(10-12)14-8-11(2)4-5-13(14)9-15/h4-5,8,12H,3,6-7,9-10,15H2,1-2H3. The summed E-state index contributed by atoms with van der Waals surface area (Å²) in [5, 5.41) is 0. The van der Waals surface area contributed by atoms with Crippen LogP contribution in [0.25, 0.3) is 0 Å². The maximum atomic E-state index is 5.81. The van der Waals surface area contributed by atoms with Crippen LogP contribution in [0.2, 0.25) is 0 Å². The summed E-state index contributed by atoms with van der Waals surface area (Å²) in [5.41, 5.74) is 9.77. The minimum atomic E-state index is 0.642. The average molecular weight is 218 g/mol. The normalized spacial score (nSPS) is 20.4. The molecule has 0 aromatic heterocycles. The molecule has 16 heavy (non-hydrogen) atoms. The maximum Gasteiger partial charge on any atom is 0.0414 e. The van der Waals surface area contributed by atoms with Gasteiger partial charge in [-0.3, -0.25) is 0 Å². The summed E-state index contributed by atoms with van der Waals surface area (Å²) in [5.74, 6) is 0.867. The van der Waals surface area contributed by atoms with E-state index in [4.69, 9.17) is 5.73 Å². The molecule has 1 unspecified atom stereocenters. The molecule has 1 saturated heterocycles. The first-order chi connectivity index (χ1) is 7.74. The predicted molar refractivity (Wildman–Crippen MR) is 69.7 cm³/mol. The fourth-order valence-electron chi connectivity index (χ4n) is 2.53. The molecule has 1 atom stereocenters. The molecule has 1 fully saturated rings. The van der Waals surface area contributed by atoms with Crippen molar-refractivity contribution < 1.29 is 0 Å². The van der Waals surface area contributed by atoms with Crippen molar-refractivity contribution in [3.05, 3.63) is 29.3 Å². The molecule has 0 spiro atoms. The summed E-state index contributed by atoms with van der Waals surface area (Å²) in [6.45, 7) is 7.47. The molecular formula is C14H22N2. The van der Waals surface area contributed by atoms with E-state index in [2.05, 4.69) is 36.9 Å². The van der Waals surface area contributed by atoms with Crippen molar-refractivity contribution in [3.8, 4) is 0 Å². The molecule has 1 aliphatic rings. The summed E-state index contributed by atoms with van der Waals surface area (Å²) >= 11 is 0. The Morgan fingerprint density at radius 2 is 2.25 bits per heavy atom. The highest BCUT2D eigenvalue weighted by Gasteiger charge is 2.22. The first kappa shape index (κ1) is 11.5. The second kappa shape index (κ2) is 4.88. The number of hydrogen-bond acceptors (Lipinski definition) is 2. The van der Waals surface area contributed by atoms with E-state index in [1.54, 1.807) is 0 Å². The number of nitrogens with zero attached hydrogens (tertiary/aromatic N) is 1. The first-order valence-corrected chi connectivity index (χ1v) is 6.29. The van der Waals surface area contributed by atoms with Crippen molar-refractivity contribution in [2.75, 3.05) is 18.0 Å². The van der Waals surface area contributed by atoms with Crippen LogP contribution >= 0.6 is 0 Å². The minimum Gasteiger partial charge on any atom is -0.371 e. The highest BCUT2D eigenvalue weighted by Crippen LogP contribution is 2.29. The number of hydrogen-bond donors (Lipinski definition) is 1. The van der Waals surface area contributed by atoms with Gasteiger partial charge in [0.1, 0.15) is 0 Å². The summed E-state index contributed by atoms with van der Waals surface area (Å²) in [7, 11) is 0. The van der Waals surface area contributed by atoms with Crippen molar-refractivity contribution in [1.82, 2.24) is 0 Å². The Balaban J connectivity index is 2.22. The molecule has 1 aliphatic heterocycles. The molecule has 0 aliphatic carbocycles. The second-order valence-electron chi connectivity index (χ2n) is 4.85. The SMILES string of the molecule is CCC1CCN(c2cc(C)ccc2CN)C1. The zero-order chi connectivity index (χ0) is 11.5. The molecule has 0 radical (unpaired) electrons. The zero-order valence-corrected chi connectivity index (χ0v) is 10.4. The van der Waals surface area contributed by atoms with Crippen molar-refractivity contribution >= 4 is 5.69 Å². The van der Waals surface area contributed by atoms with Crippen molar-refractivity contribution in [2.45, 2.75) is 33.2 Å². The second-order valence-corrected chi connectivity index (χ2v) is 4.85. The van der Waals surface area contributed by atoms with Gasteiger partial charge < -0.3 is 10.6 Å². The quantitative estimate of drug-likeness (QED) is 0.845. The summed E-state index contributed by atoms with van der Waals surface area (Å²) < 4.78 is 0. The molecule has 2 heteroatoms. The largest absolute Gasteiger partial charge is 0.371 e. The van der Waals surface area contributed by atoms with Gasteiger partial charge in [-0.15, -0.1) is 0 Å². The highest BCUT2D eigenvalue weighted by atomic mass is 15.2. The van der Waals surface area contributed by atoms with Crippen molar-refractivity contribution in [3.63, 3.8) is 0 Å². The summed E-state index contributed by atoms with van der Waals surface area (Å²) in [6.07, 6.45) is 2.62. The molecule has 1 aromatic rings. The third-order valence-corrected chi connectivity index (χ3v) is 3.66. The van der Waals surface area contributed by atoms with Crippen LogP contribution in [0, 0.1) is 12.8 Å². The van der Waals surface area contributed by atoms with E-state index < -0.39 is 0 Å². The van der Waals surface area contributed by atoms with Gasteiger partial charge in [0.25, 0.3) is 0 Å². The predicted octanol–water partition coefficient (Wildman–Crippen LogP) is 2.69. The molecule has 2 rings (SSSR count). The third kappa shape index (κ3) is 2.22. The monoisotopic (exact) mass is 218 g/mol. The summed E-state index contributed by atoms with van der Waals surface area (Å²) in [4.78, 5) is 2.50. The maximum absolute atomic E-state index is 5.81. The lowest BCUT2D eigenvalue weighted by Gasteiger charge is -2.22. The lowest BCUT2D eigenvalue weighted by atomic mass is 10.1. The van der Waals surface area contributed by atoms with Crippen LogP contribution in [0.1, 0.15) is 30.9 Å². The van der Waals surface area contributed by atoms with E-state index in [9.17, 15) is 0 Å². The van der Waals surface area contributed by atoms with E-state index in [1.165, 1.54) is 42.7 Å². The topological polar surface area (TPSA) is 29.3 Å². The van der Waals surface area contributed by atoms with Crippen LogP contribution in [-0.2, 0) is 6.54 Å². The lowest BCUT2D eigenvalue weighted by molar-refractivity contribution is 0.569. The van der Waals surface area contributed by atoms with Crippen LogP contribution in [0.3, 0.4) is 0 Å². The smallest absolute Gasteiger partial charge is 0.0414 e. The Hall–Kier alpha value is -1.02. The van der Waals surface area contributed by atoms with Crippen LogP contribution in [0.5, 0.6) is 0 Å². The Bertz CT molecular complexity index is 360. The average Bonchev–Trinajstić information content (AvgIpc) is 2.77. The summed E-state index contributed by atoms with van der Waals surface area (Å²) in [6, 6.07) is 6.60. The molecule has 0 amide bonds. The Morgan fingerprint density at radius 3 is 2.88 bits per heavy atom. The molecular weight excluding hydrogens is 196 g/mol. The Labute approximate surface area is 98.4 Å². The molecule has 2 nitrogen and oxygen atoms in total. The zero-order valence-electron chi connectivity index (χ0n) is 10.4. The number of benzene rings is 1. The van der Waals surface area contributed by atoms with Crippen molar-refractivity contribution in [1.29, 1.82) is 0 Å². The number of nitrogens with two attached hydrogens (primary N) is 1. The van der Waals surface area contributed by atoms with Gasteiger partial charge in [-0.2, -0.15) is 0 Å². The van der Waals surface area contributed by atoms with Gasteiger partial charge in [0.15, 0.2) is 0 Å². The first-order valence-electron chi connectivity index (χ1n) is 6.29. The molecule has 1 heterocycles. The van der Waals surface area contributed by atoms with Crippen LogP contribution < -0.4 is 10.6 Å². The van der Waals surface area contributed by atoms with E-state index in [0.717, 1.165) is 5.92 Å². The van der Waals surface area contributed by atoms with Crippen molar-refractivity contribution in [2.24, 2.45) is 11.7 Å². The van der Waals surface area contributed by atoms with E-state index in [1.807, 2.05) is 0 Å². The van der Waals surface area contributed by atoms with Crippen LogP contribution in [0.4, 0.5) is 5.69 Å². The number of anilines is 1. The number of aryl methyl sites for hydroxylation is 1. The highest BCUT2D eigenvalue weighted by molar-refractivity contribution is 5.56. The number of rotatable bonds is 3. The van der Waals surface area contributed by atoms with E-state index >= 15 is 0 Å². The Morgan fingerprint density at radius 1 is 1.44 bits per heavy atom. The van der Waals surface area contributed by atoms with Gasteiger partial charge in [-0.1, -0.05) is 25.5 Å². The molecule has 2 N–H and O–H groups in total. The molecule has 1 aromatic carbocycles. The van der Waals surface area contributed by atoms with E-state index in [0.29, 0.717) is 6.54 Å². The third-order valence-electron chi connectivity index (χ3n) is 3.66. The Kier molecular flexibility index (Phi) is 3.49.